The zero-order valence-corrected chi connectivity index (χ0v) is 9.55. The summed E-state index contributed by atoms with van der Waals surface area (Å²) in [6.07, 6.45) is 3.61. The molecule has 0 aliphatic rings. The predicted molar refractivity (Wildman–Crippen MR) is 63.1 cm³/mol. The molecule has 0 unspecified atom stereocenters. The molecule has 5 heteroatoms. The zero-order valence-electron chi connectivity index (χ0n) is 8.04. The smallest absolute Gasteiger partial charge is 0.0728 e. The van der Waals surface area contributed by atoms with Gasteiger partial charge in [0.2, 0.25) is 0 Å². The van der Waals surface area contributed by atoms with Crippen LogP contribution in [0.15, 0.2) is 30.6 Å². The molecule has 1 aromatic carbocycles. The minimum Gasteiger partial charge on any atom is -0.386 e. The third-order valence-corrected chi connectivity index (χ3v) is 2.78. The average molecular weight is 242 g/mol. The van der Waals surface area contributed by atoms with Crippen molar-refractivity contribution >= 4 is 28.9 Å². The summed E-state index contributed by atoms with van der Waals surface area (Å²) < 4.78 is 1.73. The van der Waals surface area contributed by atoms with Gasteiger partial charge < -0.3 is 5.32 Å². The number of aromatic nitrogens is 2. The topological polar surface area (TPSA) is 29.9 Å². The number of nitrogens with zero attached hydrogens (tertiary/aromatic N) is 2. The van der Waals surface area contributed by atoms with Gasteiger partial charge >= 0.3 is 0 Å². The molecule has 2 aromatic rings. The van der Waals surface area contributed by atoms with Crippen LogP contribution in [0, 0.1) is 0 Å². The predicted octanol–water partition coefficient (Wildman–Crippen LogP) is 3.22. The molecular weight excluding hydrogens is 233 g/mol. The first kappa shape index (κ1) is 10.3. The van der Waals surface area contributed by atoms with E-state index in [0.717, 1.165) is 11.4 Å². The molecule has 0 amide bonds. The number of benzene rings is 1. The lowest BCUT2D eigenvalue weighted by molar-refractivity contribution is 0.881. The van der Waals surface area contributed by atoms with Crippen molar-refractivity contribution in [3.63, 3.8) is 0 Å². The number of nitrogens with one attached hydrogen (secondary N) is 1. The molecule has 0 bridgehead atoms. The van der Waals surface area contributed by atoms with Crippen LogP contribution in [0.2, 0.25) is 10.0 Å². The van der Waals surface area contributed by atoms with E-state index in [-0.39, 0.29) is 0 Å². The van der Waals surface area contributed by atoms with E-state index < -0.39 is 0 Å². The lowest BCUT2D eigenvalue weighted by Gasteiger charge is -2.02. The number of hydrogen-bond donors (Lipinski definition) is 1. The lowest BCUT2D eigenvalue weighted by atomic mass is 10.3. The molecule has 0 saturated heterocycles. The van der Waals surface area contributed by atoms with Gasteiger partial charge in [-0.1, -0.05) is 23.2 Å². The SMILES string of the molecule is CNc1cnn(-c2ccc(Cl)c(Cl)c2)c1. The van der Waals surface area contributed by atoms with Crippen LogP contribution in [0.4, 0.5) is 5.69 Å². The summed E-state index contributed by atoms with van der Waals surface area (Å²) in [7, 11) is 1.84. The normalized spacial score (nSPS) is 10.3. The lowest BCUT2D eigenvalue weighted by Crippen LogP contribution is -1.93. The highest BCUT2D eigenvalue weighted by atomic mass is 35.5. The Morgan fingerprint density at radius 2 is 2.07 bits per heavy atom. The average Bonchev–Trinajstić information content (AvgIpc) is 2.70. The fraction of sp³-hybridized carbons (Fsp3) is 0.100. The second-order valence-corrected chi connectivity index (χ2v) is 3.84. The van der Waals surface area contributed by atoms with Crippen molar-refractivity contribution in [3.05, 3.63) is 40.6 Å². The zero-order chi connectivity index (χ0) is 10.8. The maximum atomic E-state index is 5.92. The highest BCUT2D eigenvalue weighted by Gasteiger charge is 2.02. The van der Waals surface area contributed by atoms with Gasteiger partial charge in [-0.15, -0.1) is 0 Å². The van der Waals surface area contributed by atoms with E-state index in [4.69, 9.17) is 23.2 Å². The van der Waals surface area contributed by atoms with Crippen molar-refractivity contribution < 1.29 is 0 Å². The molecule has 15 heavy (non-hydrogen) atoms. The van der Waals surface area contributed by atoms with Gasteiger partial charge in [-0.2, -0.15) is 5.10 Å². The standard InChI is InChI=1S/C10H9Cl2N3/c1-13-7-5-14-15(6-7)8-2-3-9(11)10(12)4-8/h2-6,13H,1H3. The van der Waals surface area contributed by atoms with Crippen molar-refractivity contribution in [3.8, 4) is 5.69 Å². The van der Waals surface area contributed by atoms with E-state index in [1.165, 1.54) is 0 Å². The molecule has 1 aromatic heterocycles. The Labute approximate surface area is 97.6 Å². The van der Waals surface area contributed by atoms with Crippen LogP contribution in [0.3, 0.4) is 0 Å². The van der Waals surface area contributed by atoms with Crippen LogP contribution in [0.1, 0.15) is 0 Å². The first-order valence-electron chi connectivity index (χ1n) is 4.38. The summed E-state index contributed by atoms with van der Waals surface area (Å²) >= 11 is 11.7. The molecule has 0 fully saturated rings. The molecule has 3 nitrogen and oxygen atoms in total. The Kier molecular flexibility index (Phi) is 2.84. The van der Waals surface area contributed by atoms with Gasteiger partial charge in [0, 0.05) is 7.05 Å². The second kappa shape index (κ2) is 4.13. The fourth-order valence-corrected chi connectivity index (χ4v) is 1.51. The van der Waals surface area contributed by atoms with Crippen LogP contribution < -0.4 is 5.32 Å². The first-order valence-corrected chi connectivity index (χ1v) is 5.14. The summed E-state index contributed by atoms with van der Waals surface area (Å²) in [4.78, 5) is 0. The van der Waals surface area contributed by atoms with Crippen LogP contribution in [-0.2, 0) is 0 Å². The van der Waals surface area contributed by atoms with E-state index in [9.17, 15) is 0 Å². The minimum absolute atomic E-state index is 0.524. The third-order valence-electron chi connectivity index (χ3n) is 2.04. The highest BCUT2D eigenvalue weighted by molar-refractivity contribution is 6.42. The summed E-state index contributed by atoms with van der Waals surface area (Å²) in [6.45, 7) is 0. The summed E-state index contributed by atoms with van der Waals surface area (Å²) in [6, 6.07) is 5.39. The molecule has 0 atom stereocenters. The van der Waals surface area contributed by atoms with Crippen molar-refractivity contribution in [1.82, 2.24) is 9.78 Å². The van der Waals surface area contributed by atoms with Crippen LogP contribution >= 0.6 is 23.2 Å². The van der Waals surface area contributed by atoms with Gasteiger partial charge in [-0.05, 0) is 18.2 Å². The van der Waals surface area contributed by atoms with E-state index in [2.05, 4.69) is 10.4 Å². The van der Waals surface area contributed by atoms with Crippen LogP contribution in [0.25, 0.3) is 5.69 Å². The number of halogens is 2. The van der Waals surface area contributed by atoms with E-state index >= 15 is 0 Å². The molecule has 0 aliphatic heterocycles. The molecule has 0 spiro atoms. The van der Waals surface area contributed by atoms with Gasteiger partial charge in [0.1, 0.15) is 0 Å². The van der Waals surface area contributed by atoms with E-state index in [1.807, 2.05) is 19.3 Å². The van der Waals surface area contributed by atoms with Crippen molar-refractivity contribution in [2.24, 2.45) is 0 Å². The van der Waals surface area contributed by atoms with Gasteiger partial charge in [0.05, 0.1) is 33.8 Å². The Balaban J connectivity index is 2.40. The Morgan fingerprint density at radius 1 is 1.27 bits per heavy atom. The molecule has 78 valence electrons. The Hall–Kier alpha value is -1.19. The maximum Gasteiger partial charge on any atom is 0.0728 e. The van der Waals surface area contributed by atoms with Gasteiger partial charge in [0.15, 0.2) is 0 Å². The summed E-state index contributed by atoms with van der Waals surface area (Å²) in [5.74, 6) is 0. The molecule has 1 heterocycles. The van der Waals surface area contributed by atoms with Gasteiger partial charge in [-0.25, -0.2) is 4.68 Å². The molecule has 0 aliphatic carbocycles. The molecule has 0 radical (unpaired) electrons. The van der Waals surface area contributed by atoms with Crippen molar-refractivity contribution in [2.75, 3.05) is 12.4 Å². The second-order valence-electron chi connectivity index (χ2n) is 3.02. The number of anilines is 1. The van der Waals surface area contributed by atoms with E-state index in [1.54, 1.807) is 23.0 Å². The van der Waals surface area contributed by atoms with E-state index in [0.29, 0.717) is 10.0 Å². The highest BCUT2D eigenvalue weighted by Crippen LogP contribution is 2.24. The monoisotopic (exact) mass is 241 g/mol. The quantitative estimate of drug-likeness (QED) is 0.876. The maximum absolute atomic E-state index is 5.92. The first-order chi connectivity index (χ1) is 7.20. The minimum atomic E-state index is 0.524. The van der Waals surface area contributed by atoms with Gasteiger partial charge in [-0.3, -0.25) is 0 Å². The molecule has 1 N–H and O–H groups in total. The fourth-order valence-electron chi connectivity index (χ4n) is 1.22. The Bertz CT molecular complexity index is 479. The molecule has 2 rings (SSSR count). The molecular formula is C10H9Cl2N3. The summed E-state index contributed by atoms with van der Waals surface area (Å²) in [5.41, 5.74) is 1.83. The number of hydrogen-bond acceptors (Lipinski definition) is 2. The van der Waals surface area contributed by atoms with Gasteiger partial charge in [0.25, 0.3) is 0 Å². The van der Waals surface area contributed by atoms with Crippen molar-refractivity contribution in [2.45, 2.75) is 0 Å². The summed E-state index contributed by atoms with van der Waals surface area (Å²) in [5, 5.41) is 8.25. The largest absolute Gasteiger partial charge is 0.386 e. The van der Waals surface area contributed by atoms with Crippen LogP contribution in [0.5, 0.6) is 0 Å². The Morgan fingerprint density at radius 3 is 2.67 bits per heavy atom. The van der Waals surface area contributed by atoms with Crippen LogP contribution in [-0.4, -0.2) is 16.8 Å². The molecule has 0 saturated carbocycles. The number of rotatable bonds is 2. The third kappa shape index (κ3) is 2.08. The van der Waals surface area contributed by atoms with Crippen molar-refractivity contribution in [1.29, 1.82) is 0 Å².